The van der Waals surface area contributed by atoms with Crippen LogP contribution in [-0.2, 0) is 14.3 Å². The van der Waals surface area contributed by atoms with Gasteiger partial charge in [0.05, 0.1) is 6.61 Å². The number of hydrogen-bond donors (Lipinski definition) is 2. The minimum absolute atomic E-state index is 0.119. The minimum Gasteiger partial charge on any atom is -0.460 e. The second-order valence-electron chi connectivity index (χ2n) is 3.40. The number of benzene rings is 1. The SMILES string of the molecule is CCOC(=O)/C(=N\O)NC(=O)/C=C/c1ccccc1. The van der Waals surface area contributed by atoms with Gasteiger partial charge in [-0.3, -0.25) is 10.1 Å². The molecular formula is C13H14N2O4. The van der Waals surface area contributed by atoms with Crippen molar-refractivity contribution in [3.8, 4) is 0 Å². The van der Waals surface area contributed by atoms with E-state index in [0.29, 0.717) is 0 Å². The average Bonchev–Trinajstić information content (AvgIpc) is 2.44. The van der Waals surface area contributed by atoms with Crippen LogP contribution in [0.2, 0.25) is 0 Å². The number of rotatable bonds is 3. The Balaban J connectivity index is 2.60. The van der Waals surface area contributed by atoms with Crippen LogP contribution in [0.25, 0.3) is 6.08 Å². The summed E-state index contributed by atoms with van der Waals surface area (Å²) >= 11 is 0. The smallest absolute Gasteiger partial charge is 0.377 e. The summed E-state index contributed by atoms with van der Waals surface area (Å²) in [5.74, 6) is -2.04. The Morgan fingerprint density at radius 3 is 2.63 bits per heavy atom. The van der Waals surface area contributed by atoms with Gasteiger partial charge in [-0.25, -0.2) is 4.79 Å². The molecule has 0 saturated carbocycles. The van der Waals surface area contributed by atoms with Crippen LogP contribution in [0.5, 0.6) is 0 Å². The molecule has 100 valence electrons. The van der Waals surface area contributed by atoms with Gasteiger partial charge in [0.15, 0.2) is 0 Å². The Kier molecular flexibility index (Phi) is 5.81. The van der Waals surface area contributed by atoms with Crippen molar-refractivity contribution in [3.63, 3.8) is 0 Å². The number of ether oxygens (including phenoxy) is 1. The van der Waals surface area contributed by atoms with Crippen molar-refractivity contribution in [2.45, 2.75) is 6.92 Å². The molecule has 0 aliphatic carbocycles. The van der Waals surface area contributed by atoms with E-state index in [1.54, 1.807) is 13.0 Å². The lowest BCUT2D eigenvalue weighted by Crippen LogP contribution is -2.36. The highest BCUT2D eigenvalue weighted by Gasteiger charge is 2.15. The molecule has 1 amide bonds. The van der Waals surface area contributed by atoms with E-state index in [1.807, 2.05) is 30.3 Å². The zero-order valence-corrected chi connectivity index (χ0v) is 10.4. The van der Waals surface area contributed by atoms with Gasteiger partial charge in [-0.1, -0.05) is 35.5 Å². The van der Waals surface area contributed by atoms with Gasteiger partial charge in [0.2, 0.25) is 5.91 Å². The summed E-state index contributed by atoms with van der Waals surface area (Å²) in [4.78, 5) is 22.7. The van der Waals surface area contributed by atoms with Crippen LogP contribution in [0.15, 0.2) is 41.6 Å². The van der Waals surface area contributed by atoms with E-state index < -0.39 is 17.7 Å². The van der Waals surface area contributed by atoms with Gasteiger partial charge in [-0.05, 0) is 18.6 Å². The predicted molar refractivity (Wildman–Crippen MR) is 69.5 cm³/mol. The lowest BCUT2D eigenvalue weighted by Gasteiger charge is -2.03. The summed E-state index contributed by atoms with van der Waals surface area (Å²) < 4.78 is 4.59. The van der Waals surface area contributed by atoms with E-state index in [1.165, 1.54) is 6.08 Å². The number of carbonyl (C=O) groups is 2. The van der Waals surface area contributed by atoms with E-state index in [0.717, 1.165) is 5.56 Å². The third kappa shape index (κ3) is 5.03. The maximum Gasteiger partial charge on any atom is 0.377 e. The van der Waals surface area contributed by atoms with E-state index >= 15 is 0 Å². The number of nitrogens with one attached hydrogen (secondary N) is 1. The van der Waals surface area contributed by atoms with E-state index in [-0.39, 0.29) is 6.61 Å². The minimum atomic E-state index is -0.897. The Labute approximate surface area is 110 Å². The molecule has 6 nitrogen and oxygen atoms in total. The van der Waals surface area contributed by atoms with Crippen molar-refractivity contribution in [2.75, 3.05) is 6.61 Å². The Hall–Kier alpha value is -2.63. The van der Waals surface area contributed by atoms with Gasteiger partial charge in [0.1, 0.15) is 0 Å². The first-order chi connectivity index (χ1) is 9.17. The number of nitrogens with zero attached hydrogens (tertiary/aromatic N) is 1. The maximum absolute atomic E-state index is 11.5. The molecule has 0 fully saturated rings. The topological polar surface area (TPSA) is 88.0 Å². The third-order valence-corrected chi connectivity index (χ3v) is 2.04. The number of amides is 1. The van der Waals surface area contributed by atoms with Gasteiger partial charge in [-0.15, -0.1) is 0 Å². The Morgan fingerprint density at radius 2 is 2.05 bits per heavy atom. The summed E-state index contributed by atoms with van der Waals surface area (Å²) in [7, 11) is 0. The summed E-state index contributed by atoms with van der Waals surface area (Å²) in [5.41, 5.74) is 0.830. The van der Waals surface area contributed by atoms with Gasteiger partial charge in [0, 0.05) is 6.08 Å². The fourth-order valence-electron chi connectivity index (χ4n) is 1.21. The first-order valence-electron chi connectivity index (χ1n) is 5.60. The maximum atomic E-state index is 11.5. The van der Waals surface area contributed by atoms with Crippen molar-refractivity contribution in [1.82, 2.24) is 5.32 Å². The van der Waals surface area contributed by atoms with Crippen molar-refractivity contribution >= 4 is 23.8 Å². The molecule has 1 aromatic rings. The summed E-state index contributed by atoms with van der Waals surface area (Å²) in [6, 6.07) is 9.15. The average molecular weight is 262 g/mol. The predicted octanol–water partition coefficient (Wildman–Crippen LogP) is 1.17. The van der Waals surface area contributed by atoms with Crippen LogP contribution in [0, 0.1) is 0 Å². The van der Waals surface area contributed by atoms with Crippen LogP contribution in [0.3, 0.4) is 0 Å². The lowest BCUT2D eigenvalue weighted by atomic mass is 10.2. The third-order valence-electron chi connectivity index (χ3n) is 2.04. The molecule has 0 aliphatic heterocycles. The van der Waals surface area contributed by atoms with Crippen LogP contribution < -0.4 is 5.32 Å². The highest BCUT2D eigenvalue weighted by Crippen LogP contribution is 2.00. The molecule has 0 unspecified atom stereocenters. The summed E-state index contributed by atoms with van der Waals surface area (Å²) in [6.07, 6.45) is 2.79. The van der Waals surface area contributed by atoms with E-state index in [9.17, 15) is 9.59 Å². The Morgan fingerprint density at radius 1 is 1.37 bits per heavy atom. The fraction of sp³-hybridized carbons (Fsp3) is 0.154. The number of oxime groups is 1. The molecule has 1 aromatic carbocycles. The first-order valence-corrected chi connectivity index (χ1v) is 5.60. The molecule has 0 bridgehead atoms. The number of carbonyl (C=O) groups excluding carboxylic acids is 2. The van der Waals surface area contributed by atoms with E-state index in [2.05, 4.69) is 15.2 Å². The molecule has 0 aromatic heterocycles. The molecule has 1 rings (SSSR count). The second kappa shape index (κ2) is 7.65. The zero-order chi connectivity index (χ0) is 14.1. The van der Waals surface area contributed by atoms with Crippen molar-refractivity contribution in [3.05, 3.63) is 42.0 Å². The Bertz CT molecular complexity index is 495. The zero-order valence-electron chi connectivity index (χ0n) is 10.4. The largest absolute Gasteiger partial charge is 0.460 e. The molecule has 19 heavy (non-hydrogen) atoms. The highest BCUT2D eigenvalue weighted by molar-refractivity contribution is 6.38. The molecule has 0 heterocycles. The summed E-state index contributed by atoms with van der Waals surface area (Å²) in [6.45, 7) is 1.72. The van der Waals surface area contributed by atoms with E-state index in [4.69, 9.17) is 5.21 Å². The number of esters is 1. The molecule has 2 N–H and O–H groups in total. The van der Waals surface area contributed by atoms with Crippen LogP contribution in [0.4, 0.5) is 0 Å². The quantitative estimate of drug-likeness (QED) is 0.214. The molecular weight excluding hydrogens is 248 g/mol. The van der Waals surface area contributed by atoms with Crippen molar-refractivity contribution < 1.29 is 19.5 Å². The highest BCUT2D eigenvalue weighted by atomic mass is 16.5. The summed E-state index contributed by atoms with van der Waals surface area (Å²) in [5, 5.41) is 13.4. The van der Waals surface area contributed by atoms with Crippen LogP contribution in [-0.4, -0.2) is 29.5 Å². The van der Waals surface area contributed by atoms with Gasteiger partial charge >= 0.3 is 5.97 Å². The lowest BCUT2D eigenvalue weighted by molar-refractivity contribution is -0.136. The van der Waals surface area contributed by atoms with Gasteiger partial charge in [-0.2, -0.15) is 0 Å². The normalized spacial score (nSPS) is 11.3. The van der Waals surface area contributed by atoms with Crippen molar-refractivity contribution in [1.29, 1.82) is 0 Å². The monoisotopic (exact) mass is 262 g/mol. The second-order valence-corrected chi connectivity index (χ2v) is 3.40. The molecule has 0 aliphatic rings. The van der Waals surface area contributed by atoms with Crippen LogP contribution in [0.1, 0.15) is 12.5 Å². The molecule has 0 spiro atoms. The van der Waals surface area contributed by atoms with Gasteiger partial charge < -0.3 is 9.94 Å². The number of hydrogen-bond acceptors (Lipinski definition) is 5. The van der Waals surface area contributed by atoms with Crippen molar-refractivity contribution in [2.24, 2.45) is 5.16 Å². The fourth-order valence-corrected chi connectivity index (χ4v) is 1.21. The molecule has 0 atom stereocenters. The molecule has 6 heteroatoms. The standard InChI is InChI=1S/C13H14N2O4/c1-2-19-13(17)12(15-18)14-11(16)9-8-10-6-4-3-5-7-10/h3-9,18H,2H2,1H3,(H,14,15,16)/b9-8+. The molecule has 0 saturated heterocycles. The number of amidine groups is 1. The van der Waals surface area contributed by atoms with Crippen LogP contribution >= 0.6 is 0 Å². The first kappa shape index (κ1) is 14.4. The van der Waals surface area contributed by atoms with Gasteiger partial charge in [0.25, 0.3) is 5.84 Å². The molecule has 0 radical (unpaired) electrons.